The highest BCUT2D eigenvalue weighted by Gasteiger charge is 2.20. The summed E-state index contributed by atoms with van der Waals surface area (Å²) in [5, 5.41) is 11.5. The number of para-hydroxylation sites is 1. The minimum atomic E-state index is -0.157. The molecular formula is C21H26N4O3S. The molecule has 3 aromatic rings. The Balaban J connectivity index is 1.70. The number of benzene rings is 1. The fraction of sp³-hybridized carbons (Fsp3) is 0.381. The second-order valence-corrected chi connectivity index (χ2v) is 8.04. The average Bonchev–Trinajstić information content (AvgIpc) is 3.28. The van der Waals surface area contributed by atoms with E-state index in [1.54, 1.807) is 0 Å². The number of methoxy groups -OCH3 is 1. The summed E-state index contributed by atoms with van der Waals surface area (Å²) in [5.74, 6) is -0.0116. The molecule has 8 heteroatoms. The summed E-state index contributed by atoms with van der Waals surface area (Å²) >= 11 is 1.44. The van der Waals surface area contributed by atoms with Crippen molar-refractivity contribution < 1.29 is 14.3 Å². The van der Waals surface area contributed by atoms with Crippen LogP contribution in [0.2, 0.25) is 0 Å². The largest absolute Gasteiger partial charge is 0.375 e. The standard InChI is InChI=1S/C21H26N4O3S/c1-14(2)19-16-12-17(20(27)23-11-7-10-22-18(26)13-28-3)29-21(16)25(24-19)15-8-5-4-6-9-15/h4-6,8-9,12,14H,7,10-11,13H2,1-3H3,(H,22,26)(H,23,27). The van der Waals surface area contributed by atoms with Crippen LogP contribution >= 0.6 is 11.3 Å². The van der Waals surface area contributed by atoms with Crippen LogP contribution in [0.1, 0.15) is 41.6 Å². The first kappa shape index (κ1) is 21.0. The van der Waals surface area contributed by atoms with E-state index in [1.807, 2.05) is 41.1 Å². The van der Waals surface area contributed by atoms with Gasteiger partial charge < -0.3 is 15.4 Å². The Morgan fingerprint density at radius 3 is 2.59 bits per heavy atom. The van der Waals surface area contributed by atoms with E-state index in [1.165, 1.54) is 18.4 Å². The number of carbonyl (C=O) groups is 2. The summed E-state index contributed by atoms with van der Waals surface area (Å²) in [5.41, 5.74) is 1.96. The number of rotatable bonds is 9. The smallest absolute Gasteiger partial charge is 0.261 e. The number of ether oxygens (including phenoxy) is 1. The first-order chi connectivity index (χ1) is 14.0. The predicted molar refractivity (Wildman–Crippen MR) is 115 cm³/mol. The first-order valence-electron chi connectivity index (χ1n) is 9.63. The van der Waals surface area contributed by atoms with Gasteiger partial charge in [-0.1, -0.05) is 32.0 Å². The van der Waals surface area contributed by atoms with Crippen molar-refractivity contribution in [2.24, 2.45) is 0 Å². The van der Waals surface area contributed by atoms with Gasteiger partial charge in [-0.15, -0.1) is 11.3 Å². The topological polar surface area (TPSA) is 85.2 Å². The minimum absolute atomic E-state index is 0.0464. The number of nitrogens with one attached hydrogen (secondary N) is 2. The number of nitrogens with zero attached hydrogens (tertiary/aromatic N) is 2. The van der Waals surface area contributed by atoms with E-state index in [4.69, 9.17) is 9.84 Å². The van der Waals surface area contributed by atoms with Gasteiger partial charge in [0.05, 0.1) is 16.3 Å². The Morgan fingerprint density at radius 2 is 1.90 bits per heavy atom. The van der Waals surface area contributed by atoms with Crippen LogP contribution in [0.15, 0.2) is 36.4 Å². The number of thiophene rings is 1. The lowest BCUT2D eigenvalue weighted by Crippen LogP contribution is -2.31. The quantitative estimate of drug-likeness (QED) is 0.527. The monoisotopic (exact) mass is 414 g/mol. The molecule has 154 valence electrons. The van der Waals surface area contributed by atoms with Crippen LogP contribution < -0.4 is 10.6 Å². The van der Waals surface area contributed by atoms with Crippen molar-refractivity contribution in [3.05, 3.63) is 47.0 Å². The molecular weight excluding hydrogens is 388 g/mol. The summed E-state index contributed by atoms with van der Waals surface area (Å²) in [6, 6.07) is 11.9. The van der Waals surface area contributed by atoms with E-state index < -0.39 is 0 Å². The molecule has 0 saturated heterocycles. The molecule has 0 bridgehead atoms. The van der Waals surface area contributed by atoms with E-state index in [9.17, 15) is 9.59 Å². The lowest BCUT2D eigenvalue weighted by atomic mass is 10.1. The molecule has 0 aliphatic rings. The van der Waals surface area contributed by atoms with Crippen LogP contribution in [-0.4, -0.2) is 48.4 Å². The van der Waals surface area contributed by atoms with E-state index >= 15 is 0 Å². The van der Waals surface area contributed by atoms with Crippen LogP contribution in [-0.2, 0) is 9.53 Å². The highest BCUT2D eigenvalue weighted by Crippen LogP contribution is 2.33. The lowest BCUT2D eigenvalue weighted by molar-refractivity contribution is -0.124. The molecule has 0 spiro atoms. The van der Waals surface area contributed by atoms with Gasteiger partial charge in [-0.25, -0.2) is 4.68 Å². The van der Waals surface area contributed by atoms with Crippen molar-refractivity contribution in [3.8, 4) is 5.69 Å². The van der Waals surface area contributed by atoms with Gasteiger partial charge in [0.1, 0.15) is 11.4 Å². The van der Waals surface area contributed by atoms with Crippen molar-refractivity contribution >= 4 is 33.4 Å². The normalized spacial score (nSPS) is 11.2. The van der Waals surface area contributed by atoms with Crippen LogP contribution in [0.3, 0.4) is 0 Å². The molecule has 7 nitrogen and oxygen atoms in total. The summed E-state index contributed by atoms with van der Waals surface area (Å²) in [7, 11) is 1.48. The number of fused-ring (bicyclic) bond motifs is 1. The Morgan fingerprint density at radius 1 is 1.17 bits per heavy atom. The van der Waals surface area contributed by atoms with Crippen LogP contribution in [0.25, 0.3) is 15.9 Å². The molecule has 2 N–H and O–H groups in total. The van der Waals surface area contributed by atoms with Gasteiger partial charge >= 0.3 is 0 Å². The third-order valence-electron chi connectivity index (χ3n) is 4.40. The molecule has 2 aromatic heterocycles. The van der Waals surface area contributed by atoms with Crippen molar-refractivity contribution in [2.75, 3.05) is 26.8 Å². The summed E-state index contributed by atoms with van der Waals surface area (Å²) < 4.78 is 6.67. The Labute approximate surface area is 174 Å². The number of hydrogen-bond acceptors (Lipinski definition) is 5. The average molecular weight is 415 g/mol. The van der Waals surface area contributed by atoms with Crippen molar-refractivity contribution in [2.45, 2.75) is 26.2 Å². The van der Waals surface area contributed by atoms with E-state index in [0.29, 0.717) is 24.4 Å². The molecule has 3 rings (SSSR count). The molecule has 0 fully saturated rings. The summed E-state index contributed by atoms with van der Waals surface area (Å²) in [6.45, 7) is 5.24. The molecule has 29 heavy (non-hydrogen) atoms. The maximum absolute atomic E-state index is 12.6. The Bertz CT molecular complexity index is 979. The zero-order valence-corrected chi connectivity index (χ0v) is 17.7. The predicted octanol–water partition coefficient (Wildman–Crippen LogP) is 3.09. The van der Waals surface area contributed by atoms with Gasteiger partial charge in [0.25, 0.3) is 5.91 Å². The van der Waals surface area contributed by atoms with Crippen molar-refractivity contribution in [1.82, 2.24) is 20.4 Å². The fourth-order valence-corrected chi connectivity index (χ4v) is 4.06. The molecule has 0 aliphatic heterocycles. The molecule has 0 aliphatic carbocycles. The molecule has 0 unspecified atom stereocenters. The van der Waals surface area contributed by atoms with Crippen molar-refractivity contribution in [1.29, 1.82) is 0 Å². The third-order valence-corrected chi connectivity index (χ3v) is 5.51. The van der Waals surface area contributed by atoms with Gasteiger partial charge in [-0.2, -0.15) is 5.10 Å². The molecule has 0 radical (unpaired) electrons. The molecule has 2 heterocycles. The van der Waals surface area contributed by atoms with Gasteiger partial charge in [-0.3, -0.25) is 9.59 Å². The van der Waals surface area contributed by atoms with Crippen LogP contribution in [0.5, 0.6) is 0 Å². The SMILES string of the molecule is COCC(=O)NCCCNC(=O)c1cc2c(C(C)C)nn(-c3ccccc3)c2s1. The van der Waals surface area contributed by atoms with Gasteiger partial charge in [0, 0.05) is 25.6 Å². The maximum Gasteiger partial charge on any atom is 0.261 e. The molecule has 0 atom stereocenters. The van der Waals surface area contributed by atoms with Crippen LogP contribution in [0.4, 0.5) is 0 Å². The lowest BCUT2D eigenvalue weighted by Gasteiger charge is -2.06. The highest BCUT2D eigenvalue weighted by molar-refractivity contribution is 7.20. The maximum atomic E-state index is 12.6. The number of amides is 2. The van der Waals surface area contributed by atoms with Gasteiger partial charge in [-0.05, 0) is 30.5 Å². The Kier molecular flexibility index (Phi) is 7.00. The van der Waals surface area contributed by atoms with E-state index in [0.717, 1.165) is 21.6 Å². The molecule has 0 saturated carbocycles. The molecule has 2 amide bonds. The van der Waals surface area contributed by atoms with E-state index in [-0.39, 0.29) is 24.3 Å². The number of hydrogen-bond donors (Lipinski definition) is 2. The second-order valence-electron chi connectivity index (χ2n) is 7.01. The third kappa shape index (κ3) is 5.02. The fourth-order valence-electron chi connectivity index (χ4n) is 3.00. The minimum Gasteiger partial charge on any atom is -0.375 e. The van der Waals surface area contributed by atoms with Gasteiger partial charge in [0.15, 0.2) is 0 Å². The van der Waals surface area contributed by atoms with Crippen LogP contribution in [0, 0.1) is 0 Å². The van der Waals surface area contributed by atoms with E-state index in [2.05, 4.69) is 24.5 Å². The Hall–Kier alpha value is -2.71. The second kappa shape index (κ2) is 9.67. The van der Waals surface area contributed by atoms with Gasteiger partial charge in [0.2, 0.25) is 5.91 Å². The zero-order chi connectivity index (χ0) is 20.8. The zero-order valence-electron chi connectivity index (χ0n) is 16.9. The summed E-state index contributed by atoms with van der Waals surface area (Å²) in [4.78, 5) is 25.6. The highest BCUT2D eigenvalue weighted by atomic mass is 32.1. The number of carbonyl (C=O) groups excluding carboxylic acids is 2. The summed E-state index contributed by atoms with van der Waals surface area (Å²) in [6.07, 6.45) is 0.654. The number of aromatic nitrogens is 2. The first-order valence-corrected chi connectivity index (χ1v) is 10.4. The molecule has 1 aromatic carbocycles. The van der Waals surface area contributed by atoms with Crippen molar-refractivity contribution in [3.63, 3.8) is 0 Å².